The summed E-state index contributed by atoms with van der Waals surface area (Å²) in [5.74, 6) is 0.724. The van der Waals surface area contributed by atoms with Crippen molar-refractivity contribution in [1.82, 2.24) is 0 Å². The summed E-state index contributed by atoms with van der Waals surface area (Å²) in [6.45, 7) is 5.56. The molecule has 1 aromatic carbocycles. The van der Waals surface area contributed by atoms with Crippen LogP contribution in [0.3, 0.4) is 0 Å². The lowest BCUT2D eigenvalue weighted by Crippen LogP contribution is -2.14. The molecule has 64 valence electrons. The van der Waals surface area contributed by atoms with Crippen LogP contribution in [0.4, 0.5) is 5.69 Å². The molecule has 0 aromatic heterocycles. The molecule has 12 heavy (non-hydrogen) atoms. The zero-order valence-corrected chi connectivity index (χ0v) is 7.72. The Morgan fingerprint density at radius 1 is 1.42 bits per heavy atom. The quantitative estimate of drug-likeness (QED) is 0.617. The Morgan fingerprint density at radius 3 is 3.08 bits per heavy atom. The summed E-state index contributed by atoms with van der Waals surface area (Å²) < 4.78 is 0. The summed E-state index contributed by atoms with van der Waals surface area (Å²) in [7, 11) is 0. The van der Waals surface area contributed by atoms with Crippen molar-refractivity contribution in [3.8, 4) is 0 Å². The van der Waals surface area contributed by atoms with Gasteiger partial charge >= 0.3 is 0 Å². The SMILES string of the molecule is Cc1ccc2c(c1)NCC[C@@H]2C. The van der Waals surface area contributed by atoms with E-state index in [-0.39, 0.29) is 0 Å². The highest BCUT2D eigenvalue weighted by atomic mass is 14.9. The van der Waals surface area contributed by atoms with Crippen molar-refractivity contribution in [2.24, 2.45) is 0 Å². The Labute approximate surface area is 73.8 Å². The summed E-state index contributed by atoms with van der Waals surface area (Å²) in [5, 5.41) is 3.43. The summed E-state index contributed by atoms with van der Waals surface area (Å²) >= 11 is 0. The minimum atomic E-state index is 0.724. The van der Waals surface area contributed by atoms with Crippen molar-refractivity contribution in [2.75, 3.05) is 11.9 Å². The van der Waals surface area contributed by atoms with Crippen LogP contribution in [0, 0.1) is 6.92 Å². The van der Waals surface area contributed by atoms with Gasteiger partial charge in [0.1, 0.15) is 0 Å². The van der Waals surface area contributed by atoms with E-state index in [9.17, 15) is 0 Å². The monoisotopic (exact) mass is 161 g/mol. The number of nitrogens with one attached hydrogen (secondary N) is 1. The molecule has 0 aliphatic carbocycles. The van der Waals surface area contributed by atoms with Gasteiger partial charge in [-0.25, -0.2) is 0 Å². The molecule has 1 heterocycles. The van der Waals surface area contributed by atoms with Crippen LogP contribution in [0.25, 0.3) is 0 Å². The number of anilines is 1. The first-order valence-corrected chi connectivity index (χ1v) is 4.62. The maximum atomic E-state index is 3.43. The molecule has 1 atom stereocenters. The lowest BCUT2D eigenvalue weighted by molar-refractivity contribution is 0.683. The fourth-order valence-electron chi connectivity index (χ4n) is 1.83. The summed E-state index contributed by atoms with van der Waals surface area (Å²) in [6, 6.07) is 6.69. The molecule has 0 saturated carbocycles. The van der Waals surface area contributed by atoms with Gasteiger partial charge in [0.25, 0.3) is 0 Å². The smallest absolute Gasteiger partial charge is 0.0378 e. The molecular weight excluding hydrogens is 146 g/mol. The zero-order chi connectivity index (χ0) is 8.55. The van der Waals surface area contributed by atoms with Gasteiger partial charge in [0, 0.05) is 12.2 Å². The molecule has 0 unspecified atom stereocenters. The average molecular weight is 161 g/mol. The molecule has 1 nitrogen and oxygen atoms in total. The van der Waals surface area contributed by atoms with Gasteiger partial charge in [-0.3, -0.25) is 0 Å². The largest absolute Gasteiger partial charge is 0.385 e. The molecule has 1 aliphatic rings. The van der Waals surface area contributed by atoms with Crippen molar-refractivity contribution in [2.45, 2.75) is 26.2 Å². The molecule has 1 aliphatic heterocycles. The zero-order valence-electron chi connectivity index (χ0n) is 7.72. The van der Waals surface area contributed by atoms with Crippen molar-refractivity contribution >= 4 is 5.69 Å². The standard InChI is InChI=1S/C11H15N/c1-8-3-4-10-9(2)5-6-12-11(10)7-8/h3-4,7,9,12H,5-6H2,1-2H3/t9-/m0/s1. The molecule has 0 spiro atoms. The van der Waals surface area contributed by atoms with E-state index in [0.717, 1.165) is 12.5 Å². The van der Waals surface area contributed by atoms with Crippen molar-refractivity contribution in [3.63, 3.8) is 0 Å². The first-order chi connectivity index (χ1) is 5.77. The maximum Gasteiger partial charge on any atom is 0.0378 e. The van der Waals surface area contributed by atoms with Crippen LogP contribution in [-0.4, -0.2) is 6.54 Å². The Hall–Kier alpha value is -0.980. The van der Waals surface area contributed by atoms with Crippen LogP contribution in [0.2, 0.25) is 0 Å². The number of fused-ring (bicyclic) bond motifs is 1. The number of hydrogen-bond acceptors (Lipinski definition) is 1. The molecule has 2 rings (SSSR count). The maximum absolute atomic E-state index is 3.43. The molecule has 0 amide bonds. The van der Waals surface area contributed by atoms with E-state index in [1.165, 1.54) is 23.2 Å². The second-order valence-corrected chi connectivity index (χ2v) is 3.71. The van der Waals surface area contributed by atoms with Crippen LogP contribution in [0.15, 0.2) is 18.2 Å². The molecule has 1 heteroatoms. The van der Waals surface area contributed by atoms with E-state index in [0.29, 0.717) is 0 Å². The minimum absolute atomic E-state index is 0.724. The van der Waals surface area contributed by atoms with Crippen molar-refractivity contribution in [3.05, 3.63) is 29.3 Å². The highest BCUT2D eigenvalue weighted by Crippen LogP contribution is 2.31. The molecule has 1 aromatic rings. The lowest BCUT2D eigenvalue weighted by Gasteiger charge is -2.24. The molecule has 0 radical (unpaired) electrons. The van der Waals surface area contributed by atoms with Gasteiger partial charge in [-0.2, -0.15) is 0 Å². The summed E-state index contributed by atoms with van der Waals surface area (Å²) in [5.41, 5.74) is 4.16. The Morgan fingerprint density at radius 2 is 2.25 bits per heavy atom. The fourth-order valence-corrected chi connectivity index (χ4v) is 1.83. The van der Waals surface area contributed by atoms with Crippen molar-refractivity contribution < 1.29 is 0 Å². The van der Waals surface area contributed by atoms with Gasteiger partial charge in [-0.1, -0.05) is 19.1 Å². The third-order valence-electron chi connectivity index (χ3n) is 2.63. The van der Waals surface area contributed by atoms with Crippen LogP contribution in [0.1, 0.15) is 30.4 Å². The number of aryl methyl sites for hydroxylation is 1. The molecule has 0 saturated heterocycles. The van der Waals surface area contributed by atoms with Gasteiger partial charge in [-0.15, -0.1) is 0 Å². The van der Waals surface area contributed by atoms with Gasteiger partial charge in [0.05, 0.1) is 0 Å². The van der Waals surface area contributed by atoms with E-state index in [2.05, 4.69) is 37.4 Å². The minimum Gasteiger partial charge on any atom is -0.385 e. The topological polar surface area (TPSA) is 12.0 Å². The highest BCUT2D eigenvalue weighted by Gasteiger charge is 2.14. The van der Waals surface area contributed by atoms with Crippen LogP contribution in [-0.2, 0) is 0 Å². The number of benzene rings is 1. The second kappa shape index (κ2) is 2.81. The predicted molar refractivity (Wildman–Crippen MR) is 52.7 cm³/mol. The third-order valence-corrected chi connectivity index (χ3v) is 2.63. The Balaban J connectivity index is 2.46. The van der Waals surface area contributed by atoms with E-state index in [1.807, 2.05) is 0 Å². The van der Waals surface area contributed by atoms with Gasteiger partial charge in [0.15, 0.2) is 0 Å². The number of hydrogen-bond donors (Lipinski definition) is 1. The van der Waals surface area contributed by atoms with Gasteiger partial charge < -0.3 is 5.32 Å². The second-order valence-electron chi connectivity index (χ2n) is 3.71. The van der Waals surface area contributed by atoms with Crippen molar-refractivity contribution in [1.29, 1.82) is 0 Å². The van der Waals surface area contributed by atoms with Crippen LogP contribution < -0.4 is 5.32 Å². The average Bonchev–Trinajstić information content (AvgIpc) is 2.04. The molecule has 0 bridgehead atoms. The van der Waals surface area contributed by atoms with E-state index >= 15 is 0 Å². The number of rotatable bonds is 0. The van der Waals surface area contributed by atoms with Crippen LogP contribution >= 0.6 is 0 Å². The third kappa shape index (κ3) is 1.20. The van der Waals surface area contributed by atoms with E-state index < -0.39 is 0 Å². The fraction of sp³-hybridized carbons (Fsp3) is 0.455. The Bertz CT molecular complexity index is 291. The Kier molecular flexibility index (Phi) is 1.80. The highest BCUT2D eigenvalue weighted by molar-refractivity contribution is 5.56. The van der Waals surface area contributed by atoms with E-state index in [4.69, 9.17) is 0 Å². The molecular formula is C11H15N. The predicted octanol–water partition coefficient (Wildman–Crippen LogP) is 2.91. The first kappa shape index (κ1) is 7.66. The summed E-state index contributed by atoms with van der Waals surface area (Å²) in [4.78, 5) is 0. The normalized spacial score (nSPS) is 21.3. The van der Waals surface area contributed by atoms with Gasteiger partial charge in [0.2, 0.25) is 0 Å². The summed E-state index contributed by atoms with van der Waals surface area (Å²) in [6.07, 6.45) is 1.26. The first-order valence-electron chi connectivity index (χ1n) is 4.62. The van der Waals surface area contributed by atoms with Crippen LogP contribution in [0.5, 0.6) is 0 Å². The lowest BCUT2D eigenvalue weighted by atomic mass is 9.92. The van der Waals surface area contributed by atoms with Gasteiger partial charge in [-0.05, 0) is 36.5 Å². The molecule has 1 N–H and O–H groups in total. The molecule has 0 fully saturated rings. The van der Waals surface area contributed by atoms with E-state index in [1.54, 1.807) is 0 Å².